The van der Waals surface area contributed by atoms with Gasteiger partial charge in [-0.3, -0.25) is 0 Å². The zero-order valence-electron chi connectivity index (χ0n) is 10.1. The number of aromatic nitrogens is 1. The van der Waals surface area contributed by atoms with Crippen LogP contribution in [0.15, 0.2) is 42.6 Å². The van der Waals surface area contributed by atoms with Crippen molar-refractivity contribution in [2.45, 2.75) is 13.0 Å². The second-order valence-electron chi connectivity index (χ2n) is 4.07. The minimum atomic E-state index is 0.104. The molecule has 1 atom stereocenters. The predicted octanol–water partition coefficient (Wildman–Crippen LogP) is 2.71. The van der Waals surface area contributed by atoms with Crippen LogP contribution < -0.4 is 11.1 Å². The number of nitrogens with two attached hydrogens (primary N) is 1. The molecule has 0 saturated carbocycles. The van der Waals surface area contributed by atoms with Gasteiger partial charge in [-0.2, -0.15) is 5.26 Å². The first-order valence-corrected chi connectivity index (χ1v) is 5.67. The fraction of sp³-hybridized carbons (Fsp3) is 0.143. The number of hydrogen-bond donors (Lipinski definition) is 2. The van der Waals surface area contributed by atoms with E-state index in [4.69, 9.17) is 11.0 Å². The lowest BCUT2D eigenvalue weighted by atomic mass is 10.1. The number of nitrogen functional groups attached to an aromatic ring is 1. The van der Waals surface area contributed by atoms with Gasteiger partial charge in [-0.05, 0) is 36.8 Å². The van der Waals surface area contributed by atoms with Crippen LogP contribution in [0.4, 0.5) is 11.5 Å². The number of hydrogen-bond acceptors (Lipinski definition) is 4. The molecule has 0 aliphatic carbocycles. The van der Waals surface area contributed by atoms with Crippen LogP contribution in [0.3, 0.4) is 0 Å². The van der Waals surface area contributed by atoms with Crippen LogP contribution in [0.5, 0.6) is 0 Å². The maximum absolute atomic E-state index is 8.82. The van der Waals surface area contributed by atoms with Crippen LogP contribution in [-0.4, -0.2) is 4.98 Å². The molecular weight excluding hydrogens is 224 g/mol. The molecular formula is C14H14N4. The van der Waals surface area contributed by atoms with Crippen molar-refractivity contribution >= 4 is 11.5 Å². The summed E-state index contributed by atoms with van der Waals surface area (Å²) < 4.78 is 0. The van der Waals surface area contributed by atoms with E-state index >= 15 is 0 Å². The average Bonchev–Trinajstić information content (AvgIpc) is 2.39. The van der Waals surface area contributed by atoms with E-state index in [9.17, 15) is 0 Å². The summed E-state index contributed by atoms with van der Waals surface area (Å²) >= 11 is 0. The molecule has 1 aromatic heterocycles. The van der Waals surface area contributed by atoms with Gasteiger partial charge in [0.2, 0.25) is 0 Å². The first-order valence-electron chi connectivity index (χ1n) is 5.67. The van der Waals surface area contributed by atoms with Crippen molar-refractivity contribution in [3.05, 3.63) is 53.7 Å². The van der Waals surface area contributed by atoms with Gasteiger partial charge >= 0.3 is 0 Å². The molecule has 0 bridgehead atoms. The molecule has 3 N–H and O–H groups in total. The average molecular weight is 238 g/mol. The Bertz CT molecular complexity index is 569. The third kappa shape index (κ3) is 2.77. The third-order valence-corrected chi connectivity index (χ3v) is 2.69. The number of nitrogens with zero attached hydrogens (tertiary/aromatic N) is 2. The van der Waals surface area contributed by atoms with E-state index in [1.165, 1.54) is 0 Å². The fourth-order valence-electron chi connectivity index (χ4n) is 1.67. The predicted molar refractivity (Wildman–Crippen MR) is 71.8 cm³/mol. The van der Waals surface area contributed by atoms with Crippen molar-refractivity contribution < 1.29 is 0 Å². The molecule has 1 heterocycles. The Morgan fingerprint density at radius 1 is 1.28 bits per heavy atom. The Balaban J connectivity index is 2.13. The minimum absolute atomic E-state index is 0.104. The van der Waals surface area contributed by atoms with Crippen molar-refractivity contribution in [3.8, 4) is 6.07 Å². The minimum Gasteiger partial charge on any atom is -0.399 e. The maximum atomic E-state index is 8.82. The number of benzene rings is 1. The van der Waals surface area contributed by atoms with Gasteiger partial charge in [0, 0.05) is 17.9 Å². The number of nitriles is 1. The SMILES string of the molecule is CC(Nc1cc(C#N)ccn1)c1ccc(N)cc1. The summed E-state index contributed by atoms with van der Waals surface area (Å²) in [5.74, 6) is 0.693. The normalized spacial score (nSPS) is 11.6. The number of anilines is 2. The van der Waals surface area contributed by atoms with Crippen molar-refractivity contribution in [2.24, 2.45) is 0 Å². The van der Waals surface area contributed by atoms with E-state index in [-0.39, 0.29) is 6.04 Å². The van der Waals surface area contributed by atoms with E-state index < -0.39 is 0 Å². The molecule has 0 amide bonds. The molecule has 4 heteroatoms. The Kier molecular flexibility index (Phi) is 3.44. The first kappa shape index (κ1) is 11.9. The van der Waals surface area contributed by atoms with Gasteiger partial charge in [0.15, 0.2) is 0 Å². The van der Waals surface area contributed by atoms with E-state index in [2.05, 4.69) is 16.4 Å². The highest BCUT2D eigenvalue weighted by Crippen LogP contribution is 2.19. The molecule has 4 nitrogen and oxygen atoms in total. The first-order chi connectivity index (χ1) is 8.69. The summed E-state index contributed by atoms with van der Waals surface area (Å²) in [6.07, 6.45) is 1.62. The van der Waals surface area contributed by atoms with Crippen LogP contribution in [0.1, 0.15) is 24.1 Å². The molecule has 2 rings (SSSR count). The molecule has 0 spiro atoms. The van der Waals surface area contributed by atoms with Gasteiger partial charge in [-0.15, -0.1) is 0 Å². The van der Waals surface area contributed by atoms with Gasteiger partial charge in [0.05, 0.1) is 11.6 Å². The number of nitrogens with one attached hydrogen (secondary N) is 1. The number of rotatable bonds is 3. The Morgan fingerprint density at radius 2 is 2.00 bits per heavy atom. The van der Waals surface area contributed by atoms with Gasteiger partial charge in [-0.1, -0.05) is 12.1 Å². The summed E-state index contributed by atoms with van der Waals surface area (Å²) in [5.41, 5.74) is 8.11. The molecule has 1 unspecified atom stereocenters. The Morgan fingerprint density at radius 3 is 2.67 bits per heavy atom. The summed E-state index contributed by atoms with van der Waals surface area (Å²) in [4.78, 5) is 4.18. The fourth-order valence-corrected chi connectivity index (χ4v) is 1.67. The van der Waals surface area contributed by atoms with E-state index in [1.807, 2.05) is 31.2 Å². The Hall–Kier alpha value is -2.54. The van der Waals surface area contributed by atoms with Crippen LogP contribution in [0, 0.1) is 11.3 Å². The standard InChI is InChI=1S/C14H14N4/c1-10(12-2-4-13(16)5-3-12)18-14-8-11(9-15)6-7-17-14/h2-8,10H,16H2,1H3,(H,17,18). The van der Waals surface area contributed by atoms with E-state index in [1.54, 1.807) is 18.3 Å². The second-order valence-corrected chi connectivity index (χ2v) is 4.07. The number of pyridine rings is 1. The molecule has 1 aromatic carbocycles. The monoisotopic (exact) mass is 238 g/mol. The molecule has 0 aliphatic rings. The summed E-state index contributed by atoms with van der Waals surface area (Å²) in [5, 5.41) is 12.1. The Labute approximate surface area is 106 Å². The van der Waals surface area contributed by atoms with Crippen molar-refractivity contribution in [1.82, 2.24) is 4.98 Å². The third-order valence-electron chi connectivity index (χ3n) is 2.69. The van der Waals surface area contributed by atoms with Crippen LogP contribution in [0.25, 0.3) is 0 Å². The van der Waals surface area contributed by atoms with Crippen LogP contribution in [-0.2, 0) is 0 Å². The highest BCUT2D eigenvalue weighted by Gasteiger charge is 2.06. The lowest BCUT2D eigenvalue weighted by molar-refractivity contribution is 0.875. The molecule has 0 aliphatic heterocycles. The van der Waals surface area contributed by atoms with Gasteiger partial charge in [0.1, 0.15) is 5.82 Å². The topological polar surface area (TPSA) is 74.7 Å². The van der Waals surface area contributed by atoms with Gasteiger partial charge < -0.3 is 11.1 Å². The molecule has 0 fully saturated rings. The lowest BCUT2D eigenvalue weighted by Gasteiger charge is -2.15. The quantitative estimate of drug-likeness (QED) is 0.806. The highest BCUT2D eigenvalue weighted by atomic mass is 15.0. The van der Waals surface area contributed by atoms with Crippen molar-refractivity contribution in [2.75, 3.05) is 11.1 Å². The van der Waals surface area contributed by atoms with Crippen molar-refractivity contribution in [3.63, 3.8) is 0 Å². The second kappa shape index (κ2) is 5.19. The largest absolute Gasteiger partial charge is 0.399 e. The molecule has 2 aromatic rings. The molecule has 0 radical (unpaired) electrons. The summed E-state index contributed by atoms with van der Waals surface area (Å²) in [6, 6.07) is 13.3. The van der Waals surface area contributed by atoms with Gasteiger partial charge in [0.25, 0.3) is 0 Å². The zero-order chi connectivity index (χ0) is 13.0. The molecule has 90 valence electrons. The van der Waals surface area contributed by atoms with E-state index in [0.717, 1.165) is 11.3 Å². The summed E-state index contributed by atoms with van der Waals surface area (Å²) in [6.45, 7) is 2.03. The lowest BCUT2D eigenvalue weighted by Crippen LogP contribution is -2.08. The van der Waals surface area contributed by atoms with Crippen LogP contribution in [0.2, 0.25) is 0 Å². The van der Waals surface area contributed by atoms with Gasteiger partial charge in [-0.25, -0.2) is 4.98 Å². The smallest absolute Gasteiger partial charge is 0.127 e. The maximum Gasteiger partial charge on any atom is 0.127 e. The van der Waals surface area contributed by atoms with Crippen LogP contribution >= 0.6 is 0 Å². The van der Waals surface area contributed by atoms with E-state index in [0.29, 0.717) is 11.4 Å². The molecule has 18 heavy (non-hydrogen) atoms. The molecule has 0 saturated heterocycles. The summed E-state index contributed by atoms with van der Waals surface area (Å²) in [7, 11) is 0. The zero-order valence-corrected chi connectivity index (χ0v) is 10.1. The highest BCUT2D eigenvalue weighted by molar-refractivity contribution is 5.46. The van der Waals surface area contributed by atoms with Crippen molar-refractivity contribution in [1.29, 1.82) is 5.26 Å².